The smallest absolute Gasteiger partial charge is 0.260 e. The minimum Gasteiger partial charge on any atom is -0.482 e. The van der Waals surface area contributed by atoms with Crippen LogP contribution < -0.4 is 4.74 Å². The van der Waals surface area contributed by atoms with Gasteiger partial charge in [-0.05, 0) is 24.6 Å². The molecule has 0 unspecified atom stereocenters. The van der Waals surface area contributed by atoms with Crippen LogP contribution in [0.5, 0.6) is 5.75 Å². The first-order chi connectivity index (χ1) is 11.8. The largest absolute Gasteiger partial charge is 0.482 e. The molecule has 2 saturated heterocycles. The molecule has 2 aliphatic rings. The van der Waals surface area contributed by atoms with Crippen LogP contribution in [0, 0.1) is 0 Å². The molecule has 0 aromatic heterocycles. The van der Waals surface area contributed by atoms with E-state index in [1.165, 1.54) is 0 Å². The Morgan fingerprint density at radius 3 is 2.52 bits per heavy atom. The molecule has 138 valence electrons. The molecule has 1 atom stereocenters. The third kappa shape index (κ3) is 4.78. The van der Waals surface area contributed by atoms with Gasteiger partial charge in [0.1, 0.15) is 5.75 Å². The number of ether oxygens (including phenoxy) is 1. The second-order valence-corrected chi connectivity index (χ2v) is 9.41. The lowest BCUT2D eigenvalue weighted by molar-refractivity contribution is -0.135. The summed E-state index contributed by atoms with van der Waals surface area (Å²) in [6, 6.07) is 4.95. The van der Waals surface area contributed by atoms with Crippen molar-refractivity contribution < 1.29 is 17.9 Å². The van der Waals surface area contributed by atoms with Gasteiger partial charge in [-0.3, -0.25) is 9.69 Å². The van der Waals surface area contributed by atoms with Crippen molar-refractivity contribution in [3.63, 3.8) is 0 Å². The van der Waals surface area contributed by atoms with Gasteiger partial charge in [0.15, 0.2) is 16.4 Å². The summed E-state index contributed by atoms with van der Waals surface area (Å²) in [7, 11) is -2.89. The summed E-state index contributed by atoms with van der Waals surface area (Å²) in [5.41, 5.74) is 0. The van der Waals surface area contributed by atoms with Crippen molar-refractivity contribution >= 4 is 38.9 Å². The fraction of sp³-hybridized carbons (Fsp3) is 0.562. The fourth-order valence-corrected chi connectivity index (χ4v) is 5.45. The van der Waals surface area contributed by atoms with Gasteiger partial charge in [0, 0.05) is 37.2 Å². The van der Waals surface area contributed by atoms with Crippen molar-refractivity contribution in [2.45, 2.75) is 12.5 Å². The van der Waals surface area contributed by atoms with E-state index in [9.17, 15) is 13.2 Å². The lowest BCUT2D eigenvalue weighted by Crippen LogP contribution is -2.53. The Kier molecular flexibility index (Phi) is 5.78. The molecule has 0 N–H and O–H groups in total. The minimum absolute atomic E-state index is 0.0842. The van der Waals surface area contributed by atoms with Crippen molar-refractivity contribution in [1.29, 1.82) is 0 Å². The molecule has 1 amide bonds. The zero-order valence-corrected chi connectivity index (χ0v) is 16.0. The van der Waals surface area contributed by atoms with E-state index in [4.69, 9.17) is 27.9 Å². The van der Waals surface area contributed by atoms with Crippen molar-refractivity contribution in [3.05, 3.63) is 28.2 Å². The monoisotopic (exact) mass is 406 g/mol. The van der Waals surface area contributed by atoms with Crippen LogP contribution in [0.4, 0.5) is 0 Å². The first-order valence-electron chi connectivity index (χ1n) is 8.14. The summed E-state index contributed by atoms with van der Waals surface area (Å²) >= 11 is 11.9. The number of sulfone groups is 1. The molecule has 0 saturated carbocycles. The lowest BCUT2D eigenvalue weighted by atomic mass is 10.2. The Bertz CT molecular complexity index is 749. The molecule has 25 heavy (non-hydrogen) atoms. The Hall–Kier alpha value is -1.02. The maximum Gasteiger partial charge on any atom is 0.260 e. The Labute approximate surface area is 157 Å². The number of nitrogens with zero attached hydrogens (tertiary/aromatic N) is 2. The third-order valence-corrected chi connectivity index (χ3v) is 6.92. The highest BCUT2D eigenvalue weighted by molar-refractivity contribution is 7.91. The number of hydrogen-bond donors (Lipinski definition) is 0. The van der Waals surface area contributed by atoms with Gasteiger partial charge in [-0.25, -0.2) is 8.42 Å². The zero-order chi connectivity index (χ0) is 18.0. The van der Waals surface area contributed by atoms with Gasteiger partial charge in [-0.15, -0.1) is 0 Å². The fourth-order valence-electron chi connectivity index (χ4n) is 3.22. The first kappa shape index (κ1) is 18.8. The highest BCUT2D eigenvalue weighted by Crippen LogP contribution is 2.27. The van der Waals surface area contributed by atoms with Crippen LogP contribution in [0.25, 0.3) is 0 Å². The quantitative estimate of drug-likeness (QED) is 0.760. The summed E-state index contributed by atoms with van der Waals surface area (Å²) < 4.78 is 28.7. The van der Waals surface area contributed by atoms with Crippen LogP contribution in [0.2, 0.25) is 10.0 Å². The molecule has 2 fully saturated rings. The van der Waals surface area contributed by atoms with Crippen LogP contribution in [-0.2, 0) is 14.6 Å². The standard InChI is InChI=1S/C16H20Cl2N2O4S/c17-12-1-2-15(14(18)9-12)24-10-16(21)20-6-4-19(5-7-20)13-3-8-25(22,23)11-13/h1-2,9,13H,3-8,10-11H2/t13-/m0/s1. The van der Waals surface area contributed by atoms with Gasteiger partial charge < -0.3 is 9.64 Å². The second-order valence-electron chi connectivity index (χ2n) is 6.34. The first-order valence-corrected chi connectivity index (χ1v) is 10.7. The van der Waals surface area contributed by atoms with E-state index in [0.29, 0.717) is 48.4 Å². The van der Waals surface area contributed by atoms with Crippen LogP contribution in [-0.4, -0.2) is 74.5 Å². The second kappa shape index (κ2) is 7.70. The van der Waals surface area contributed by atoms with Gasteiger partial charge in [-0.2, -0.15) is 0 Å². The SMILES string of the molecule is O=C(COc1ccc(Cl)cc1Cl)N1CCN([C@H]2CCS(=O)(=O)C2)CC1. The topological polar surface area (TPSA) is 66.9 Å². The zero-order valence-electron chi connectivity index (χ0n) is 13.7. The van der Waals surface area contributed by atoms with E-state index >= 15 is 0 Å². The van der Waals surface area contributed by atoms with E-state index in [2.05, 4.69) is 4.90 Å². The molecule has 3 rings (SSSR count). The molecule has 6 nitrogen and oxygen atoms in total. The van der Waals surface area contributed by atoms with Gasteiger partial charge in [0.25, 0.3) is 5.91 Å². The van der Waals surface area contributed by atoms with Crippen LogP contribution in [0.1, 0.15) is 6.42 Å². The molecular formula is C16H20Cl2N2O4S. The van der Waals surface area contributed by atoms with E-state index in [1.807, 2.05) is 0 Å². The Morgan fingerprint density at radius 2 is 1.92 bits per heavy atom. The van der Waals surface area contributed by atoms with E-state index in [0.717, 1.165) is 0 Å². The third-order valence-electron chi connectivity index (χ3n) is 4.64. The van der Waals surface area contributed by atoms with Crippen molar-refractivity contribution in [3.8, 4) is 5.75 Å². The van der Waals surface area contributed by atoms with Crippen molar-refractivity contribution in [1.82, 2.24) is 9.80 Å². The van der Waals surface area contributed by atoms with Crippen molar-refractivity contribution in [2.75, 3.05) is 44.3 Å². The predicted octanol–water partition coefficient (Wildman–Crippen LogP) is 1.70. The summed E-state index contributed by atoms with van der Waals surface area (Å²) in [4.78, 5) is 16.2. The number of amides is 1. The normalized spacial score (nSPS) is 23.6. The van der Waals surface area contributed by atoms with Gasteiger partial charge in [-0.1, -0.05) is 23.2 Å². The van der Waals surface area contributed by atoms with Crippen molar-refractivity contribution in [2.24, 2.45) is 0 Å². The van der Waals surface area contributed by atoms with E-state index in [-0.39, 0.29) is 30.1 Å². The number of rotatable bonds is 4. The summed E-state index contributed by atoms with van der Waals surface area (Å²) in [5, 5.41) is 0.876. The molecule has 0 spiro atoms. The molecular weight excluding hydrogens is 387 g/mol. The average molecular weight is 407 g/mol. The highest BCUT2D eigenvalue weighted by atomic mass is 35.5. The van der Waals surface area contributed by atoms with Gasteiger partial charge >= 0.3 is 0 Å². The number of piperazine rings is 1. The summed E-state index contributed by atoms with van der Waals surface area (Å²) in [6.07, 6.45) is 0.689. The van der Waals surface area contributed by atoms with Crippen LogP contribution in [0.3, 0.4) is 0 Å². The molecule has 1 aromatic rings. The Morgan fingerprint density at radius 1 is 1.20 bits per heavy atom. The van der Waals surface area contributed by atoms with Gasteiger partial charge in [0.05, 0.1) is 16.5 Å². The maximum absolute atomic E-state index is 12.3. The minimum atomic E-state index is -2.89. The highest BCUT2D eigenvalue weighted by Gasteiger charge is 2.34. The lowest BCUT2D eigenvalue weighted by Gasteiger charge is -2.37. The summed E-state index contributed by atoms with van der Waals surface area (Å²) in [6.45, 7) is 2.45. The van der Waals surface area contributed by atoms with E-state index < -0.39 is 9.84 Å². The molecule has 2 heterocycles. The number of carbonyl (C=O) groups is 1. The van der Waals surface area contributed by atoms with Crippen LogP contribution in [0.15, 0.2) is 18.2 Å². The maximum atomic E-state index is 12.3. The molecule has 1 aromatic carbocycles. The number of carbonyl (C=O) groups excluding carboxylic acids is 1. The number of hydrogen-bond acceptors (Lipinski definition) is 5. The number of halogens is 2. The van der Waals surface area contributed by atoms with Crippen LogP contribution >= 0.6 is 23.2 Å². The summed E-state index contributed by atoms with van der Waals surface area (Å²) in [5.74, 6) is 0.824. The van der Waals surface area contributed by atoms with Gasteiger partial charge in [0.2, 0.25) is 0 Å². The molecule has 9 heteroatoms. The average Bonchev–Trinajstić information content (AvgIpc) is 2.94. The molecule has 0 bridgehead atoms. The molecule has 0 aliphatic carbocycles. The predicted molar refractivity (Wildman–Crippen MR) is 97.2 cm³/mol. The van der Waals surface area contributed by atoms with E-state index in [1.54, 1.807) is 23.1 Å². The Balaban J connectivity index is 1.47. The molecule has 0 radical (unpaired) electrons. The molecule has 2 aliphatic heterocycles. The number of benzene rings is 1.